The zero-order valence-electron chi connectivity index (χ0n) is 28.9. The minimum Gasteiger partial charge on any atom is -0.310 e. The lowest BCUT2D eigenvalue weighted by molar-refractivity contribution is 1.17. The molecule has 2 aromatic heterocycles. The van der Waals surface area contributed by atoms with Crippen LogP contribution in [-0.4, -0.2) is 9.13 Å². The summed E-state index contributed by atoms with van der Waals surface area (Å²) in [5, 5.41) is 9.97. The predicted octanol–water partition coefficient (Wildman–Crippen LogP) is 13.7. The molecular weight excluding hydrogens is 643 g/mol. The molecule has 0 aliphatic heterocycles. The molecule has 2 heterocycles. The number of aromatic nitrogens is 2. The van der Waals surface area contributed by atoms with Crippen LogP contribution in [0.3, 0.4) is 0 Å². The molecule has 3 nitrogen and oxygen atoms in total. The van der Waals surface area contributed by atoms with Gasteiger partial charge in [0.1, 0.15) is 0 Å². The van der Waals surface area contributed by atoms with E-state index in [4.69, 9.17) is 0 Å². The quantitative estimate of drug-likeness (QED) is 0.166. The number of anilines is 3. The molecule has 0 atom stereocenters. The molecule has 0 saturated carbocycles. The van der Waals surface area contributed by atoms with E-state index in [9.17, 15) is 0 Å². The minimum atomic E-state index is 1.10. The fourth-order valence-electron chi connectivity index (χ4n) is 8.62. The number of fused-ring (bicyclic) bond motifs is 9. The Balaban J connectivity index is 1.15. The van der Waals surface area contributed by atoms with Crippen molar-refractivity contribution in [2.45, 2.75) is 0 Å². The van der Waals surface area contributed by atoms with Crippen LogP contribution >= 0.6 is 0 Å². The molecule has 0 amide bonds. The fourth-order valence-corrected chi connectivity index (χ4v) is 8.62. The lowest BCUT2D eigenvalue weighted by Gasteiger charge is -2.27. The summed E-state index contributed by atoms with van der Waals surface area (Å²) in [6.07, 6.45) is 0. The largest absolute Gasteiger partial charge is 0.310 e. The maximum atomic E-state index is 2.47. The highest BCUT2D eigenvalue weighted by Gasteiger charge is 2.22. The second-order valence-corrected chi connectivity index (χ2v) is 13.7. The van der Waals surface area contributed by atoms with Crippen LogP contribution in [-0.2, 0) is 0 Å². The van der Waals surface area contributed by atoms with E-state index >= 15 is 0 Å². The van der Waals surface area contributed by atoms with Crippen molar-refractivity contribution in [3.8, 4) is 11.4 Å². The monoisotopic (exact) mass is 675 g/mol. The maximum absolute atomic E-state index is 2.47. The smallest absolute Gasteiger partial charge is 0.0562 e. The van der Waals surface area contributed by atoms with Gasteiger partial charge < -0.3 is 14.0 Å². The van der Waals surface area contributed by atoms with Crippen molar-refractivity contribution in [1.82, 2.24) is 9.13 Å². The van der Waals surface area contributed by atoms with Gasteiger partial charge in [0.2, 0.25) is 0 Å². The number of para-hydroxylation sites is 4. The molecule has 0 saturated heterocycles. The standard InChI is InChI=1S/C50H33N3/c1-2-16-35(17-3-1)51(36-29-31-37(32-30-36)52-44-24-11-8-21-41(44)42-22-9-12-25-45(42)52)47-27-14-28-48-50(47)43-23-10-13-26-46(43)53(48)49-33-34-15-4-5-18-38(34)39-19-6-7-20-40(39)49/h1-33H. The van der Waals surface area contributed by atoms with Crippen molar-refractivity contribution < 1.29 is 0 Å². The van der Waals surface area contributed by atoms with E-state index in [1.807, 2.05) is 0 Å². The Hall–Kier alpha value is -7.10. The number of rotatable bonds is 5. The van der Waals surface area contributed by atoms with Crippen molar-refractivity contribution in [1.29, 1.82) is 0 Å². The Bertz CT molecular complexity index is 3110. The van der Waals surface area contributed by atoms with Gasteiger partial charge in [-0.25, -0.2) is 0 Å². The van der Waals surface area contributed by atoms with Gasteiger partial charge in [0.25, 0.3) is 0 Å². The van der Waals surface area contributed by atoms with Gasteiger partial charge in [0.05, 0.1) is 33.4 Å². The number of hydrogen-bond donors (Lipinski definition) is 0. The average Bonchev–Trinajstić information content (AvgIpc) is 3.75. The summed E-state index contributed by atoms with van der Waals surface area (Å²) < 4.78 is 4.85. The first-order chi connectivity index (χ1) is 26.3. The summed E-state index contributed by atoms with van der Waals surface area (Å²) in [6.45, 7) is 0. The van der Waals surface area contributed by atoms with Gasteiger partial charge in [-0.15, -0.1) is 0 Å². The molecule has 0 spiro atoms. The average molecular weight is 676 g/mol. The van der Waals surface area contributed by atoms with Crippen molar-refractivity contribution in [2.24, 2.45) is 0 Å². The fraction of sp³-hybridized carbons (Fsp3) is 0. The lowest BCUT2D eigenvalue weighted by Crippen LogP contribution is -2.10. The molecule has 0 aliphatic rings. The molecule has 0 unspecified atom stereocenters. The summed E-state index contributed by atoms with van der Waals surface area (Å²) in [4.78, 5) is 2.41. The molecule has 0 bridgehead atoms. The molecule has 11 rings (SSSR count). The SMILES string of the molecule is c1ccc(N(c2ccc(-n3c4ccccc4c4ccccc43)cc2)c2cccc3c2c2ccccc2n3-c2cc3ccccc3c3ccccc23)cc1. The Morgan fingerprint density at radius 1 is 0.321 bits per heavy atom. The first-order valence-electron chi connectivity index (χ1n) is 18.2. The highest BCUT2D eigenvalue weighted by atomic mass is 15.1. The second kappa shape index (κ2) is 11.7. The van der Waals surface area contributed by atoms with Crippen LogP contribution in [0.15, 0.2) is 200 Å². The summed E-state index contributed by atoms with van der Waals surface area (Å²) >= 11 is 0. The molecule has 0 radical (unpaired) electrons. The van der Waals surface area contributed by atoms with Crippen molar-refractivity contribution in [3.63, 3.8) is 0 Å². The predicted molar refractivity (Wildman–Crippen MR) is 225 cm³/mol. The van der Waals surface area contributed by atoms with Gasteiger partial charge >= 0.3 is 0 Å². The lowest BCUT2D eigenvalue weighted by atomic mass is 10.00. The number of hydrogen-bond acceptors (Lipinski definition) is 1. The summed E-state index contributed by atoms with van der Waals surface area (Å²) in [6, 6.07) is 72.7. The first kappa shape index (κ1) is 29.6. The van der Waals surface area contributed by atoms with E-state index < -0.39 is 0 Å². The zero-order valence-corrected chi connectivity index (χ0v) is 28.9. The van der Waals surface area contributed by atoms with E-state index in [0.717, 1.165) is 22.7 Å². The third kappa shape index (κ3) is 4.47. The van der Waals surface area contributed by atoms with Gasteiger partial charge in [-0.05, 0) is 89.0 Å². The van der Waals surface area contributed by atoms with Crippen LogP contribution in [0.2, 0.25) is 0 Å². The molecular formula is C50H33N3. The van der Waals surface area contributed by atoms with Gasteiger partial charge in [-0.1, -0.05) is 127 Å². The summed E-state index contributed by atoms with van der Waals surface area (Å²) in [7, 11) is 0. The van der Waals surface area contributed by atoms with Crippen LogP contribution in [0.1, 0.15) is 0 Å². The van der Waals surface area contributed by atoms with Gasteiger partial charge in [0, 0.05) is 44.0 Å². The van der Waals surface area contributed by atoms with E-state index in [-0.39, 0.29) is 0 Å². The minimum absolute atomic E-state index is 1.10. The highest BCUT2D eigenvalue weighted by molar-refractivity contribution is 6.19. The van der Waals surface area contributed by atoms with Crippen LogP contribution in [0.5, 0.6) is 0 Å². The van der Waals surface area contributed by atoms with Crippen LogP contribution in [0.4, 0.5) is 17.1 Å². The van der Waals surface area contributed by atoms with Crippen molar-refractivity contribution >= 4 is 82.2 Å². The molecule has 0 fully saturated rings. The van der Waals surface area contributed by atoms with Gasteiger partial charge in [0.15, 0.2) is 0 Å². The maximum Gasteiger partial charge on any atom is 0.0562 e. The van der Waals surface area contributed by atoms with E-state index in [1.165, 1.54) is 70.8 Å². The normalized spacial score (nSPS) is 11.8. The molecule has 9 aromatic carbocycles. The third-order valence-electron chi connectivity index (χ3n) is 10.9. The number of benzene rings is 9. The van der Waals surface area contributed by atoms with E-state index in [2.05, 4.69) is 214 Å². The Morgan fingerprint density at radius 3 is 1.53 bits per heavy atom. The summed E-state index contributed by atoms with van der Waals surface area (Å²) in [5.41, 5.74) is 10.4. The Morgan fingerprint density at radius 2 is 0.830 bits per heavy atom. The molecule has 248 valence electrons. The van der Waals surface area contributed by atoms with Crippen LogP contribution < -0.4 is 4.90 Å². The summed E-state index contributed by atoms with van der Waals surface area (Å²) in [5.74, 6) is 0. The van der Waals surface area contributed by atoms with E-state index in [1.54, 1.807) is 0 Å². The van der Waals surface area contributed by atoms with Gasteiger partial charge in [-0.2, -0.15) is 0 Å². The molecule has 0 aliphatic carbocycles. The van der Waals surface area contributed by atoms with Crippen LogP contribution in [0, 0.1) is 0 Å². The topological polar surface area (TPSA) is 13.1 Å². The van der Waals surface area contributed by atoms with E-state index in [0.29, 0.717) is 0 Å². The van der Waals surface area contributed by atoms with Crippen LogP contribution in [0.25, 0.3) is 76.5 Å². The molecule has 53 heavy (non-hydrogen) atoms. The Labute approximate surface area is 306 Å². The first-order valence-corrected chi connectivity index (χ1v) is 18.2. The van der Waals surface area contributed by atoms with Crippen molar-refractivity contribution in [2.75, 3.05) is 4.90 Å². The second-order valence-electron chi connectivity index (χ2n) is 13.7. The molecule has 0 N–H and O–H groups in total. The Kier molecular flexibility index (Phi) is 6.55. The third-order valence-corrected chi connectivity index (χ3v) is 10.9. The molecule has 3 heteroatoms. The van der Waals surface area contributed by atoms with Crippen molar-refractivity contribution in [3.05, 3.63) is 200 Å². The molecule has 11 aromatic rings. The highest BCUT2D eigenvalue weighted by Crippen LogP contribution is 2.45. The number of nitrogens with zero attached hydrogens (tertiary/aromatic N) is 3. The van der Waals surface area contributed by atoms with Gasteiger partial charge in [-0.3, -0.25) is 0 Å². The zero-order chi connectivity index (χ0) is 34.9.